The lowest BCUT2D eigenvalue weighted by atomic mass is 9.93. The highest BCUT2D eigenvalue weighted by molar-refractivity contribution is 5.97. The Bertz CT molecular complexity index is 627. The number of carboxylic acid groups (broad SMARTS) is 1. The van der Waals surface area contributed by atoms with E-state index in [4.69, 9.17) is 10.5 Å². The van der Waals surface area contributed by atoms with Crippen molar-refractivity contribution in [1.29, 1.82) is 0 Å². The fourth-order valence-electron chi connectivity index (χ4n) is 2.48. The minimum atomic E-state index is -1.17. The molecule has 0 aliphatic carbocycles. The highest BCUT2D eigenvalue weighted by Crippen LogP contribution is 2.23. The average Bonchev–Trinajstić information content (AvgIpc) is 2.53. The predicted octanol–water partition coefficient (Wildman–Crippen LogP) is 0.787. The van der Waals surface area contributed by atoms with Gasteiger partial charge in [-0.3, -0.25) is 14.9 Å². The molecule has 2 atom stereocenters. The summed E-state index contributed by atoms with van der Waals surface area (Å²) < 4.78 is 5.25. The van der Waals surface area contributed by atoms with E-state index in [1.54, 1.807) is 0 Å². The summed E-state index contributed by atoms with van der Waals surface area (Å²) in [5.41, 5.74) is 4.99. The Morgan fingerprint density at radius 2 is 2.22 bits per heavy atom. The molecule has 0 spiro atoms. The SMILES string of the molecule is Nc1ccc(C(=O)NC(C(=O)O)C2CCCOC2)cc1[N+](=O)[O-]. The maximum atomic E-state index is 12.2. The normalized spacial score (nSPS) is 18.9. The quantitative estimate of drug-likeness (QED) is 0.412. The molecule has 0 aromatic heterocycles. The van der Waals surface area contributed by atoms with Gasteiger partial charge in [0.25, 0.3) is 11.6 Å². The number of carbonyl (C=O) groups excluding carboxylic acids is 1. The molecule has 1 heterocycles. The highest BCUT2D eigenvalue weighted by Gasteiger charge is 2.32. The van der Waals surface area contributed by atoms with E-state index in [9.17, 15) is 24.8 Å². The Morgan fingerprint density at radius 1 is 1.48 bits per heavy atom. The van der Waals surface area contributed by atoms with Crippen LogP contribution in [0.3, 0.4) is 0 Å². The fourth-order valence-corrected chi connectivity index (χ4v) is 2.48. The van der Waals surface area contributed by atoms with Crippen molar-refractivity contribution in [3.63, 3.8) is 0 Å². The average molecular weight is 323 g/mol. The van der Waals surface area contributed by atoms with Crippen LogP contribution in [0.25, 0.3) is 0 Å². The molecule has 23 heavy (non-hydrogen) atoms. The Morgan fingerprint density at radius 3 is 2.78 bits per heavy atom. The molecule has 1 fully saturated rings. The van der Waals surface area contributed by atoms with Gasteiger partial charge in [0, 0.05) is 24.2 Å². The number of nitrogen functional groups attached to an aromatic ring is 1. The largest absolute Gasteiger partial charge is 0.480 e. The van der Waals surface area contributed by atoms with Crippen LogP contribution >= 0.6 is 0 Å². The van der Waals surface area contributed by atoms with Gasteiger partial charge in [-0.25, -0.2) is 4.79 Å². The molecule has 1 saturated heterocycles. The van der Waals surface area contributed by atoms with Gasteiger partial charge in [-0.15, -0.1) is 0 Å². The number of nitrogens with two attached hydrogens (primary N) is 1. The van der Waals surface area contributed by atoms with Crippen LogP contribution in [0.4, 0.5) is 11.4 Å². The summed E-state index contributed by atoms with van der Waals surface area (Å²) in [6, 6.07) is 2.47. The second kappa shape index (κ2) is 7.05. The first-order valence-corrected chi connectivity index (χ1v) is 7.05. The third-order valence-electron chi connectivity index (χ3n) is 3.71. The third-order valence-corrected chi connectivity index (χ3v) is 3.71. The lowest BCUT2D eigenvalue weighted by Crippen LogP contribution is -2.48. The number of hydrogen-bond acceptors (Lipinski definition) is 6. The van der Waals surface area contributed by atoms with Gasteiger partial charge in [0.05, 0.1) is 11.5 Å². The van der Waals surface area contributed by atoms with Crippen molar-refractivity contribution in [2.75, 3.05) is 18.9 Å². The molecule has 0 saturated carbocycles. The number of nitro groups is 1. The van der Waals surface area contributed by atoms with Gasteiger partial charge < -0.3 is 20.9 Å². The number of carboxylic acids is 1. The first kappa shape index (κ1) is 16.7. The number of nitrogens with one attached hydrogen (secondary N) is 1. The number of hydrogen-bond donors (Lipinski definition) is 3. The molecule has 1 aromatic carbocycles. The number of nitro benzene ring substituents is 1. The summed E-state index contributed by atoms with van der Waals surface area (Å²) in [4.78, 5) is 33.8. The van der Waals surface area contributed by atoms with Crippen molar-refractivity contribution in [2.24, 2.45) is 5.92 Å². The maximum absolute atomic E-state index is 12.2. The number of rotatable bonds is 5. The van der Waals surface area contributed by atoms with Gasteiger partial charge in [0.1, 0.15) is 11.7 Å². The molecule has 1 aromatic rings. The Labute approximate surface area is 131 Å². The molecular weight excluding hydrogens is 306 g/mol. The van der Waals surface area contributed by atoms with E-state index in [1.165, 1.54) is 12.1 Å². The molecule has 1 aliphatic rings. The molecule has 0 radical (unpaired) electrons. The minimum absolute atomic E-state index is 0.0196. The second-order valence-corrected chi connectivity index (χ2v) is 5.30. The molecule has 1 amide bonds. The van der Waals surface area contributed by atoms with Crippen LogP contribution < -0.4 is 11.1 Å². The fraction of sp³-hybridized carbons (Fsp3) is 0.429. The lowest BCUT2D eigenvalue weighted by molar-refractivity contribution is -0.383. The summed E-state index contributed by atoms with van der Waals surface area (Å²) >= 11 is 0. The maximum Gasteiger partial charge on any atom is 0.326 e. The van der Waals surface area contributed by atoms with Gasteiger partial charge in [0.2, 0.25) is 0 Å². The zero-order chi connectivity index (χ0) is 17.0. The second-order valence-electron chi connectivity index (χ2n) is 5.30. The molecule has 124 valence electrons. The smallest absolute Gasteiger partial charge is 0.326 e. The Kier molecular flexibility index (Phi) is 5.12. The number of benzene rings is 1. The van der Waals surface area contributed by atoms with E-state index in [2.05, 4.69) is 5.32 Å². The first-order valence-electron chi connectivity index (χ1n) is 7.05. The van der Waals surface area contributed by atoms with Crippen molar-refractivity contribution in [3.05, 3.63) is 33.9 Å². The van der Waals surface area contributed by atoms with Crippen LogP contribution in [0.1, 0.15) is 23.2 Å². The van der Waals surface area contributed by atoms with Crippen LogP contribution in [-0.2, 0) is 9.53 Å². The zero-order valence-electron chi connectivity index (χ0n) is 12.2. The molecule has 2 rings (SSSR count). The van der Waals surface area contributed by atoms with Crippen LogP contribution in [0, 0.1) is 16.0 Å². The van der Waals surface area contributed by atoms with E-state index in [1.807, 2.05) is 0 Å². The minimum Gasteiger partial charge on any atom is -0.480 e. The Hall–Kier alpha value is -2.68. The van der Waals surface area contributed by atoms with Crippen molar-refractivity contribution in [1.82, 2.24) is 5.32 Å². The molecule has 4 N–H and O–H groups in total. The van der Waals surface area contributed by atoms with Gasteiger partial charge in [-0.05, 0) is 25.0 Å². The summed E-state index contributed by atoms with van der Waals surface area (Å²) in [6.07, 6.45) is 1.34. The predicted molar refractivity (Wildman–Crippen MR) is 79.9 cm³/mol. The van der Waals surface area contributed by atoms with E-state index in [-0.39, 0.29) is 23.8 Å². The van der Waals surface area contributed by atoms with Crippen LogP contribution in [0.15, 0.2) is 18.2 Å². The van der Waals surface area contributed by atoms with Crippen LogP contribution in [0.5, 0.6) is 0 Å². The molecule has 2 unspecified atom stereocenters. The van der Waals surface area contributed by atoms with E-state index in [0.29, 0.717) is 13.0 Å². The van der Waals surface area contributed by atoms with Crippen LogP contribution in [0.2, 0.25) is 0 Å². The summed E-state index contributed by atoms with van der Waals surface area (Å²) in [5, 5.41) is 22.6. The molecular formula is C14H17N3O6. The third kappa shape index (κ3) is 3.95. The van der Waals surface area contributed by atoms with Gasteiger partial charge in [-0.2, -0.15) is 0 Å². The number of nitrogens with zero attached hydrogens (tertiary/aromatic N) is 1. The van der Waals surface area contributed by atoms with Crippen molar-refractivity contribution < 1.29 is 24.4 Å². The van der Waals surface area contributed by atoms with Crippen LogP contribution in [-0.4, -0.2) is 41.2 Å². The molecule has 0 bridgehead atoms. The Balaban J connectivity index is 2.17. The standard InChI is InChI=1S/C14H17N3O6/c15-10-4-3-8(6-11(10)17(21)22)13(18)16-12(14(19)20)9-2-1-5-23-7-9/h3-4,6,9,12H,1-2,5,7,15H2,(H,16,18)(H,19,20). The molecule has 9 heteroatoms. The van der Waals surface area contributed by atoms with Gasteiger partial charge in [0.15, 0.2) is 0 Å². The zero-order valence-corrected chi connectivity index (χ0v) is 12.2. The van der Waals surface area contributed by atoms with E-state index >= 15 is 0 Å². The summed E-state index contributed by atoms with van der Waals surface area (Å²) in [5.74, 6) is -2.21. The van der Waals surface area contributed by atoms with Crippen molar-refractivity contribution in [2.45, 2.75) is 18.9 Å². The summed E-state index contributed by atoms with van der Waals surface area (Å²) in [6.45, 7) is 0.820. The van der Waals surface area contributed by atoms with E-state index in [0.717, 1.165) is 12.5 Å². The number of ether oxygens (including phenoxy) is 1. The summed E-state index contributed by atoms with van der Waals surface area (Å²) in [7, 11) is 0. The van der Waals surface area contributed by atoms with Crippen molar-refractivity contribution >= 4 is 23.3 Å². The number of amides is 1. The lowest BCUT2D eigenvalue weighted by Gasteiger charge is -2.28. The monoisotopic (exact) mass is 323 g/mol. The number of carbonyl (C=O) groups is 2. The van der Waals surface area contributed by atoms with Gasteiger partial charge in [-0.1, -0.05) is 0 Å². The van der Waals surface area contributed by atoms with Crippen molar-refractivity contribution in [3.8, 4) is 0 Å². The molecule has 1 aliphatic heterocycles. The first-order chi connectivity index (χ1) is 10.9. The van der Waals surface area contributed by atoms with Gasteiger partial charge >= 0.3 is 5.97 Å². The van der Waals surface area contributed by atoms with E-state index < -0.39 is 28.5 Å². The highest BCUT2D eigenvalue weighted by atomic mass is 16.6. The number of anilines is 1. The molecule has 9 nitrogen and oxygen atoms in total. The topological polar surface area (TPSA) is 145 Å². The number of aliphatic carboxylic acids is 1.